The molecule has 0 aliphatic rings. The number of nitrogens with one attached hydrogen (secondary N) is 1. The molecule has 3 aromatic carbocycles. The van der Waals surface area contributed by atoms with Crippen LogP contribution in [0.3, 0.4) is 0 Å². The first-order chi connectivity index (χ1) is 19.2. The summed E-state index contributed by atoms with van der Waals surface area (Å²) in [6, 6.07) is 14.8. The fourth-order valence-electron chi connectivity index (χ4n) is 4.70. The summed E-state index contributed by atoms with van der Waals surface area (Å²) in [5.74, 6) is -0.00992. The lowest BCUT2D eigenvalue weighted by Crippen LogP contribution is -2.26. The normalized spacial score (nSPS) is 11.1. The number of pyridine rings is 2. The average molecular weight is 542 g/mol. The molecule has 0 aliphatic heterocycles. The number of fused-ring (bicyclic) bond motifs is 2. The van der Waals surface area contributed by atoms with E-state index in [1.807, 2.05) is 29.7 Å². The molecule has 9 heteroatoms. The molecule has 204 valence electrons. The highest BCUT2D eigenvalue weighted by molar-refractivity contribution is 6.07. The van der Waals surface area contributed by atoms with Gasteiger partial charge in [0, 0.05) is 47.5 Å². The number of methoxy groups -OCH3 is 2. The van der Waals surface area contributed by atoms with Crippen molar-refractivity contribution < 1.29 is 23.4 Å². The van der Waals surface area contributed by atoms with Crippen LogP contribution in [0.2, 0.25) is 0 Å². The molecular weight excluding hydrogens is 513 g/mol. The van der Waals surface area contributed by atoms with Crippen molar-refractivity contribution in [3.8, 4) is 23.0 Å². The Hall–Kier alpha value is -4.92. The van der Waals surface area contributed by atoms with Crippen LogP contribution in [0, 0.1) is 12.7 Å². The van der Waals surface area contributed by atoms with Gasteiger partial charge in [0.1, 0.15) is 11.3 Å². The minimum atomic E-state index is -0.695. The van der Waals surface area contributed by atoms with Gasteiger partial charge in [0.2, 0.25) is 5.43 Å². The van der Waals surface area contributed by atoms with Crippen LogP contribution in [0.5, 0.6) is 23.0 Å². The van der Waals surface area contributed by atoms with Gasteiger partial charge >= 0.3 is 0 Å². The average Bonchev–Trinajstić information content (AvgIpc) is 2.96. The van der Waals surface area contributed by atoms with Crippen molar-refractivity contribution in [2.75, 3.05) is 19.5 Å². The molecule has 2 heterocycles. The Balaban J connectivity index is 1.44. The summed E-state index contributed by atoms with van der Waals surface area (Å²) in [5, 5.41) is 3.73. The monoisotopic (exact) mass is 541 g/mol. The summed E-state index contributed by atoms with van der Waals surface area (Å²) in [6.45, 7) is 3.71. The highest BCUT2D eigenvalue weighted by Gasteiger charge is 2.20. The molecular formula is C31H28FN3O5. The first kappa shape index (κ1) is 26.7. The van der Waals surface area contributed by atoms with Gasteiger partial charge in [-0.25, -0.2) is 4.39 Å². The predicted octanol–water partition coefficient (Wildman–Crippen LogP) is 6.16. The quantitative estimate of drug-likeness (QED) is 0.265. The van der Waals surface area contributed by atoms with Crippen LogP contribution >= 0.6 is 0 Å². The maximum atomic E-state index is 15.2. The smallest absolute Gasteiger partial charge is 0.261 e. The fraction of sp³-hybridized carbons (Fsp3) is 0.194. The number of carbonyl (C=O) groups is 1. The molecule has 1 N–H and O–H groups in total. The Morgan fingerprint density at radius 3 is 2.40 bits per heavy atom. The van der Waals surface area contributed by atoms with Crippen molar-refractivity contribution >= 4 is 33.4 Å². The van der Waals surface area contributed by atoms with Gasteiger partial charge in [-0.05, 0) is 55.3 Å². The SMILES string of the molecule is CCc1ccc2c(c1)c(=O)c(C(=O)Nc1ccc(Oc3ccnc4cc(OC)c(OC)cc34)c(F)c1)c(C)n2C. The van der Waals surface area contributed by atoms with E-state index in [0.717, 1.165) is 23.6 Å². The maximum Gasteiger partial charge on any atom is 0.261 e. The topological polar surface area (TPSA) is 91.7 Å². The van der Waals surface area contributed by atoms with E-state index in [1.165, 1.54) is 26.4 Å². The van der Waals surface area contributed by atoms with Crippen LogP contribution in [0.25, 0.3) is 21.8 Å². The van der Waals surface area contributed by atoms with Gasteiger partial charge in [-0.15, -0.1) is 0 Å². The van der Waals surface area contributed by atoms with E-state index < -0.39 is 11.7 Å². The van der Waals surface area contributed by atoms with Crippen LogP contribution in [-0.4, -0.2) is 29.7 Å². The summed E-state index contributed by atoms with van der Waals surface area (Å²) in [4.78, 5) is 30.9. The zero-order chi connectivity index (χ0) is 28.6. The Labute approximate surface area is 229 Å². The maximum absolute atomic E-state index is 15.2. The zero-order valence-electron chi connectivity index (χ0n) is 22.8. The molecule has 8 nitrogen and oxygen atoms in total. The molecule has 0 aliphatic carbocycles. The summed E-state index contributed by atoms with van der Waals surface area (Å²) in [5.41, 5.74) is 2.66. The Morgan fingerprint density at radius 2 is 1.70 bits per heavy atom. The van der Waals surface area contributed by atoms with Gasteiger partial charge in [0.25, 0.3) is 5.91 Å². The van der Waals surface area contributed by atoms with E-state index in [0.29, 0.717) is 39.2 Å². The molecule has 0 saturated carbocycles. The van der Waals surface area contributed by atoms with Crippen LogP contribution < -0.4 is 25.0 Å². The first-order valence-electron chi connectivity index (χ1n) is 12.7. The van der Waals surface area contributed by atoms with Crippen molar-refractivity contribution in [2.24, 2.45) is 7.05 Å². The number of halogens is 1. The van der Waals surface area contributed by atoms with E-state index in [1.54, 1.807) is 38.4 Å². The van der Waals surface area contributed by atoms with Gasteiger partial charge < -0.3 is 24.1 Å². The third-order valence-electron chi connectivity index (χ3n) is 7.01. The Morgan fingerprint density at radius 1 is 0.950 bits per heavy atom. The summed E-state index contributed by atoms with van der Waals surface area (Å²) < 4.78 is 33.6. The number of hydrogen-bond acceptors (Lipinski definition) is 6. The van der Waals surface area contributed by atoms with Gasteiger partial charge in [0.15, 0.2) is 23.1 Å². The van der Waals surface area contributed by atoms with Gasteiger partial charge in [-0.2, -0.15) is 0 Å². The highest BCUT2D eigenvalue weighted by atomic mass is 19.1. The second-order valence-corrected chi connectivity index (χ2v) is 9.29. The number of nitrogens with zero attached hydrogens (tertiary/aromatic N) is 2. The Kier molecular flexibility index (Phi) is 7.13. The first-order valence-corrected chi connectivity index (χ1v) is 12.7. The molecule has 40 heavy (non-hydrogen) atoms. The van der Waals surface area contributed by atoms with Crippen molar-refractivity contribution in [1.29, 1.82) is 0 Å². The summed E-state index contributed by atoms with van der Waals surface area (Å²) in [6.07, 6.45) is 2.31. The van der Waals surface area contributed by atoms with Crippen LogP contribution in [0.1, 0.15) is 28.5 Å². The molecule has 0 spiro atoms. The van der Waals surface area contributed by atoms with Crippen molar-refractivity contribution in [2.45, 2.75) is 20.3 Å². The number of anilines is 1. The standard InChI is InChI=1S/C31H28FN3O5/c1-6-18-7-9-24-21(13-18)30(36)29(17(2)35(24)3)31(37)34-19-8-10-26(22(32)14-19)40-25-11-12-33-23-16-28(39-5)27(38-4)15-20(23)25/h7-16H,6H2,1-5H3,(H,34,37). The molecule has 0 fully saturated rings. The van der Waals surface area contributed by atoms with Gasteiger partial charge in [-0.3, -0.25) is 14.6 Å². The molecule has 1 amide bonds. The number of ether oxygens (including phenoxy) is 3. The van der Waals surface area contributed by atoms with Crippen molar-refractivity contribution in [3.63, 3.8) is 0 Å². The molecule has 5 rings (SSSR count). The van der Waals surface area contributed by atoms with Crippen LogP contribution in [0.4, 0.5) is 10.1 Å². The second kappa shape index (κ2) is 10.7. The minimum absolute atomic E-state index is 0.0108. The molecule has 5 aromatic rings. The molecule has 0 saturated heterocycles. The Bertz CT molecular complexity index is 1850. The van der Waals surface area contributed by atoms with E-state index in [2.05, 4.69) is 10.3 Å². The zero-order valence-corrected chi connectivity index (χ0v) is 22.8. The lowest BCUT2D eigenvalue weighted by atomic mass is 10.0. The van der Waals surface area contributed by atoms with Gasteiger partial charge in [-0.1, -0.05) is 13.0 Å². The van der Waals surface area contributed by atoms with E-state index >= 15 is 4.39 Å². The third-order valence-corrected chi connectivity index (χ3v) is 7.01. The number of rotatable bonds is 7. The lowest BCUT2D eigenvalue weighted by molar-refractivity contribution is 0.102. The lowest BCUT2D eigenvalue weighted by Gasteiger charge is -2.15. The third kappa shape index (κ3) is 4.70. The fourth-order valence-corrected chi connectivity index (χ4v) is 4.70. The molecule has 0 radical (unpaired) electrons. The molecule has 2 aromatic heterocycles. The molecule has 0 bridgehead atoms. The molecule has 0 atom stereocenters. The largest absolute Gasteiger partial charge is 0.493 e. The number of aromatic nitrogens is 2. The number of aryl methyl sites for hydroxylation is 2. The summed E-state index contributed by atoms with van der Waals surface area (Å²) in [7, 11) is 4.85. The van der Waals surface area contributed by atoms with Crippen molar-refractivity contribution in [1.82, 2.24) is 9.55 Å². The highest BCUT2D eigenvalue weighted by Crippen LogP contribution is 2.37. The van der Waals surface area contributed by atoms with Crippen LogP contribution in [0.15, 0.2) is 65.6 Å². The summed E-state index contributed by atoms with van der Waals surface area (Å²) >= 11 is 0. The number of carbonyl (C=O) groups excluding carboxylic acids is 1. The number of hydrogen-bond donors (Lipinski definition) is 1. The number of benzene rings is 3. The van der Waals surface area contributed by atoms with E-state index in [9.17, 15) is 9.59 Å². The van der Waals surface area contributed by atoms with E-state index in [-0.39, 0.29) is 22.4 Å². The van der Waals surface area contributed by atoms with Crippen LogP contribution in [-0.2, 0) is 13.5 Å². The number of amides is 1. The van der Waals surface area contributed by atoms with Crippen molar-refractivity contribution in [3.05, 3.63) is 93.7 Å². The van der Waals surface area contributed by atoms with Gasteiger partial charge in [0.05, 0.1) is 25.3 Å². The minimum Gasteiger partial charge on any atom is -0.493 e. The van der Waals surface area contributed by atoms with E-state index in [4.69, 9.17) is 14.2 Å². The predicted molar refractivity (Wildman–Crippen MR) is 153 cm³/mol. The second-order valence-electron chi connectivity index (χ2n) is 9.29. The molecule has 0 unspecified atom stereocenters.